The van der Waals surface area contributed by atoms with Gasteiger partial charge < -0.3 is 10.2 Å². The van der Waals surface area contributed by atoms with Crippen LogP contribution in [0.25, 0.3) is 0 Å². The van der Waals surface area contributed by atoms with Crippen molar-refractivity contribution in [3.63, 3.8) is 0 Å². The molecule has 0 aliphatic heterocycles. The fourth-order valence-electron chi connectivity index (χ4n) is 5.38. The second-order valence-corrected chi connectivity index (χ2v) is 13.3. The molecule has 0 saturated carbocycles. The van der Waals surface area contributed by atoms with Gasteiger partial charge in [-0.15, -0.1) is 0 Å². The van der Waals surface area contributed by atoms with Gasteiger partial charge in [0.1, 0.15) is 0 Å². The van der Waals surface area contributed by atoms with E-state index in [2.05, 4.69) is 13.8 Å². The molecule has 4 unspecified atom stereocenters. The van der Waals surface area contributed by atoms with Crippen LogP contribution in [0.3, 0.4) is 0 Å². The van der Waals surface area contributed by atoms with Crippen molar-refractivity contribution in [1.29, 1.82) is 0 Å². The Morgan fingerprint density at radius 2 is 0.868 bits per heavy atom. The van der Waals surface area contributed by atoms with Crippen LogP contribution in [0.1, 0.15) is 161 Å². The lowest BCUT2D eigenvalue weighted by Gasteiger charge is -2.27. The fourth-order valence-corrected chi connectivity index (χ4v) is 6.94. The Kier molecular flexibility index (Phi) is 22.4. The number of aliphatic hydroxyl groups excluding tert-OH is 2. The second kappa shape index (κ2) is 24.1. The van der Waals surface area contributed by atoms with Crippen molar-refractivity contribution in [2.75, 3.05) is 0 Å². The quantitative estimate of drug-likeness (QED) is 0.113. The summed E-state index contributed by atoms with van der Waals surface area (Å²) in [5, 5.41) is 21.3. The van der Waals surface area contributed by atoms with E-state index >= 15 is 0 Å². The van der Waals surface area contributed by atoms with Gasteiger partial charge in [-0.05, 0) is 31.9 Å². The third kappa shape index (κ3) is 17.1. The molecule has 0 bridgehead atoms. The van der Waals surface area contributed by atoms with E-state index in [4.69, 9.17) is 0 Å². The molecule has 0 radical (unpaired) electrons. The summed E-state index contributed by atoms with van der Waals surface area (Å²) in [5.41, 5.74) is 1.12. The van der Waals surface area contributed by atoms with E-state index in [-0.39, 0.29) is 0 Å². The largest absolute Gasteiger partial charge is 0.392 e. The van der Waals surface area contributed by atoms with Crippen LogP contribution in [-0.4, -0.2) is 31.9 Å². The van der Waals surface area contributed by atoms with E-state index < -0.39 is 28.3 Å². The summed E-state index contributed by atoms with van der Waals surface area (Å²) in [6, 6.07) is 7.66. The van der Waals surface area contributed by atoms with Crippen molar-refractivity contribution >= 4 is 10.8 Å². The van der Waals surface area contributed by atoms with Crippen molar-refractivity contribution in [3.05, 3.63) is 29.8 Å². The average molecular weight is 551 g/mol. The van der Waals surface area contributed by atoms with Gasteiger partial charge in [0.15, 0.2) is 0 Å². The van der Waals surface area contributed by atoms with E-state index in [9.17, 15) is 14.4 Å². The third-order valence-corrected chi connectivity index (χ3v) is 9.83. The summed E-state index contributed by atoms with van der Waals surface area (Å²) in [6.45, 7) is 6.43. The lowest BCUT2D eigenvalue weighted by Crippen LogP contribution is -2.41. The molecule has 3 nitrogen and oxygen atoms in total. The van der Waals surface area contributed by atoms with Crippen LogP contribution in [-0.2, 0) is 10.8 Å². The molecule has 0 amide bonds. The van der Waals surface area contributed by atoms with Crippen molar-refractivity contribution in [3.8, 4) is 0 Å². The molecular weight excluding hydrogens is 488 g/mol. The second-order valence-electron chi connectivity index (χ2n) is 11.7. The minimum absolute atomic E-state index is 0.603. The highest BCUT2D eigenvalue weighted by Gasteiger charge is 2.32. The third-order valence-electron chi connectivity index (χ3n) is 7.97. The Balaban J connectivity index is 2.19. The van der Waals surface area contributed by atoms with Gasteiger partial charge in [-0.3, -0.25) is 4.21 Å². The summed E-state index contributed by atoms with van der Waals surface area (Å²) < 4.78 is 13.3. The van der Waals surface area contributed by atoms with E-state index in [1.165, 1.54) is 96.3 Å². The molecule has 222 valence electrons. The zero-order chi connectivity index (χ0) is 27.8. The molecule has 38 heavy (non-hydrogen) atoms. The maximum absolute atomic E-state index is 13.3. The van der Waals surface area contributed by atoms with Gasteiger partial charge in [0.05, 0.1) is 28.3 Å². The van der Waals surface area contributed by atoms with E-state index in [1.807, 2.05) is 31.2 Å². The SMILES string of the molecule is CCCCCCCCCCCCCCCCCCCC(O)C(C(O)CCCCC)S(=O)c1ccc(C)cc1. The molecule has 0 aliphatic rings. The van der Waals surface area contributed by atoms with Crippen molar-refractivity contribution in [1.82, 2.24) is 0 Å². The number of rotatable bonds is 26. The maximum atomic E-state index is 13.3. The molecule has 0 fully saturated rings. The Labute approximate surface area is 239 Å². The molecule has 0 saturated heterocycles. The van der Waals surface area contributed by atoms with Gasteiger partial charge in [-0.2, -0.15) is 0 Å². The molecule has 1 aromatic carbocycles. The average Bonchev–Trinajstić information content (AvgIpc) is 2.91. The molecule has 0 spiro atoms. The molecule has 0 aliphatic carbocycles. The predicted molar refractivity (Wildman–Crippen MR) is 166 cm³/mol. The van der Waals surface area contributed by atoms with Crippen molar-refractivity contribution in [2.24, 2.45) is 0 Å². The van der Waals surface area contributed by atoms with Gasteiger partial charge in [-0.25, -0.2) is 0 Å². The number of aryl methyl sites for hydroxylation is 1. The van der Waals surface area contributed by atoms with E-state index in [0.29, 0.717) is 17.7 Å². The Hall–Kier alpha value is -0.710. The molecule has 1 rings (SSSR count). The highest BCUT2D eigenvalue weighted by molar-refractivity contribution is 7.85. The van der Waals surface area contributed by atoms with Crippen molar-refractivity contribution in [2.45, 2.75) is 184 Å². The molecule has 2 N–H and O–H groups in total. The van der Waals surface area contributed by atoms with Gasteiger partial charge >= 0.3 is 0 Å². The first-order valence-electron chi connectivity index (χ1n) is 16.3. The van der Waals surface area contributed by atoms with Crippen LogP contribution >= 0.6 is 0 Å². The summed E-state index contributed by atoms with van der Waals surface area (Å²) in [4.78, 5) is 0.705. The summed E-state index contributed by atoms with van der Waals surface area (Å²) >= 11 is 0. The smallest absolute Gasteiger partial charge is 0.0912 e. The van der Waals surface area contributed by atoms with E-state index in [1.54, 1.807) is 0 Å². The van der Waals surface area contributed by atoms with E-state index in [0.717, 1.165) is 37.7 Å². The molecule has 0 heterocycles. The van der Waals surface area contributed by atoms with Crippen LogP contribution in [0, 0.1) is 6.92 Å². The first-order chi connectivity index (χ1) is 18.5. The topological polar surface area (TPSA) is 57.5 Å². The zero-order valence-electron chi connectivity index (χ0n) is 25.3. The minimum Gasteiger partial charge on any atom is -0.392 e. The summed E-state index contributed by atoms with van der Waals surface area (Å²) in [5.74, 6) is 0. The molecular formula is C34H62O3S. The van der Waals surface area contributed by atoms with Crippen LogP contribution in [0.15, 0.2) is 29.2 Å². The highest BCUT2D eigenvalue weighted by atomic mass is 32.2. The molecule has 4 atom stereocenters. The lowest BCUT2D eigenvalue weighted by molar-refractivity contribution is 0.0743. The first kappa shape index (κ1) is 35.3. The molecule has 4 heteroatoms. The predicted octanol–water partition coefficient (Wildman–Crippen LogP) is 9.82. The summed E-state index contributed by atoms with van der Waals surface area (Å²) in [6.07, 6.45) is 25.4. The van der Waals surface area contributed by atoms with Crippen molar-refractivity contribution < 1.29 is 14.4 Å². The van der Waals surface area contributed by atoms with Gasteiger partial charge in [0.2, 0.25) is 0 Å². The molecule has 1 aromatic rings. The molecule has 0 aromatic heterocycles. The number of hydrogen-bond acceptors (Lipinski definition) is 3. The van der Waals surface area contributed by atoms with Crippen LogP contribution in [0.4, 0.5) is 0 Å². The van der Waals surface area contributed by atoms with Crippen LogP contribution < -0.4 is 0 Å². The lowest BCUT2D eigenvalue weighted by atomic mass is 9.99. The summed E-state index contributed by atoms with van der Waals surface area (Å²) in [7, 11) is -1.41. The van der Waals surface area contributed by atoms with Crippen LogP contribution in [0.2, 0.25) is 0 Å². The monoisotopic (exact) mass is 550 g/mol. The Morgan fingerprint density at radius 3 is 1.26 bits per heavy atom. The first-order valence-corrected chi connectivity index (χ1v) is 17.6. The number of unbranched alkanes of at least 4 members (excludes halogenated alkanes) is 18. The number of aliphatic hydroxyl groups is 2. The number of hydrogen-bond donors (Lipinski definition) is 2. The maximum Gasteiger partial charge on any atom is 0.0912 e. The zero-order valence-corrected chi connectivity index (χ0v) is 26.1. The normalized spacial score (nSPS) is 14.9. The minimum atomic E-state index is -1.41. The van der Waals surface area contributed by atoms with Gasteiger partial charge in [0, 0.05) is 4.90 Å². The Bertz CT molecular complexity index is 675. The highest BCUT2D eigenvalue weighted by Crippen LogP contribution is 2.24. The van der Waals surface area contributed by atoms with Gasteiger partial charge in [0.25, 0.3) is 0 Å². The number of benzene rings is 1. The van der Waals surface area contributed by atoms with Crippen LogP contribution in [0.5, 0.6) is 0 Å². The standard InChI is InChI=1S/C34H62O3S/c1-4-6-8-9-10-11-12-13-14-15-16-17-18-19-20-21-23-25-33(36)34(32(35)24-22-7-5-2)38(37)31-28-26-30(3)27-29-31/h26-29,32-36H,4-25H2,1-3H3. The Morgan fingerprint density at radius 1 is 0.553 bits per heavy atom. The fraction of sp³-hybridized carbons (Fsp3) is 0.824. The van der Waals surface area contributed by atoms with Gasteiger partial charge in [-0.1, -0.05) is 160 Å².